The van der Waals surface area contributed by atoms with Crippen molar-refractivity contribution in [2.75, 3.05) is 26.2 Å². The lowest BCUT2D eigenvalue weighted by Gasteiger charge is -2.31. The summed E-state index contributed by atoms with van der Waals surface area (Å²) in [7, 11) is -3.47. The third-order valence-electron chi connectivity index (χ3n) is 6.44. The van der Waals surface area contributed by atoms with E-state index in [2.05, 4.69) is 23.2 Å². The third-order valence-corrected chi connectivity index (χ3v) is 8.50. The lowest BCUT2D eigenvalue weighted by Crippen LogP contribution is -2.36. The van der Waals surface area contributed by atoms with Crippen molar-refractivity contribution in [1.82, 2.24) is 14.2 Å². The number of hydrogen-bond donors (Lipinski definition) is 1. The van der Waals surface area contributed by atoms with Crippen LogP contribution < -0.4 is 0 Å². The van der Waals surface area contributed by atoms with Gasteiger partial charge in [-0.3, -0.25) is 4.79 Å². The minimum atomic E-state index is -3.47. The van der Waals surface area contributed by atoms with E-state index in [4.69, 9.17) is 0 Å². The van der Waals surface area contributed by atoms with Crippen LogP contribution in [0.4, 0.5) is 0 Å². The van der Waals surface area contributed by atoms with Crippen LogP contribution in [0.1, 0.15) is 43.9 Å². The standard InChI is InChI=1S/C26H31N3O3S/c1-3-29(4-2)33(31,32)23-12-9-20(10-13-23)11-14-26(30)28-17-15-21(16-18-28)25-19-22-7-5-6-8-24(22)27-25/h5-14,19,21,27H,3-4,15-18H2,1-2H3/b14-11+. The van der Waals surface area contributed by atoms with Crippen molar-refractivity contribution in [3.05, 3.63) is 71.9 Å². The highest BCUT2D eigenvalue weighted by Gasteiger charge is 2.24. The number of H-pyrrole nitrogens is 1. The second-order valence-electron chi connectivity index (χ2n) is 8.40. The molecule has 1 amide bonds. The molecule has 0 aliphatic carbocycles. The Morgan fingerprint density at radius 2 is 1.73 bits per heavy atom. The lowest BCUT2D eigenvalue weighted by atomic mass is 9.93. The number of hydrogen-bond acceptors (Lipinski definition) is 3. The van der Waals surface area contributed by atoms with E-state index >= 15 is 0 Å². The molecule has 4 rings (SSSR count). The predicted molar refractivity (Wildman–Crippen MR) is 132 cm³/mol. The number of fused-ring (bicyclic) bond motifs is 1. The normalized spacial score (nSPS) is 15.7. The summed E-state index contributed by atoms with van der Waals surface area (Å²) < 4.78 is 26.6. The molecule has 7 heteroatoms. The Bertz CT molecular complexity index is 1200. The van der Waals surface area contributed by atoms with E-state index in [1.165, 1.54) is 15.4 Å². The molecule has 33 heavy (non-hydrogen) atoms. The number of carbonyl (C=O) groups excluding carboxylic acids is 1. The molecule has 0 radical (unpaired) electrons. The number of carbonyl (C=O) groups is 1. The third kappa shape index (κ3) is 5.04. The molecule has 3 aromatic rings. The van der Waals surface area contributed by atoms with Crippen molar-refractivity contribution in [2.24, 2.45) is 0 Å². The van der Waals surface area contributed by atoms with Crippen LogP contribution in [0.25, 0.3) is 17.0 Å². The molecule has 1 fully saturated rings. The zero-order chi connectivity index (χ0) is 23.4. The van der Waals surface area contributed by atoms with E-state index < -0.39 is 10.0 Å². The van der Waals surface area contributed by atoms with Crippen LogP contribution >= 0.6 is 0 Å². The van der Waals surface area contributed by atoms with E-state index in [0.29, 0.717) is 19.0 Å². The molecule has 0 spiro atoms. The number of piperidine rings is 1. The monoisotopic (exact) mass is 465 g/mol. The summed E-state index contributed by atoms with van der Waals surface area (Å²) in [5.74, 6) is 0.427. The molecular formula is C26H31N3O3S. The number of aromatic amines is 1. The molecule has 1 saturated heterocycles. The van der Waals surface area contributed by atoms with E-state index in [9.17, 15) is 13.2 Å². The molecule has 0 atom stereocenters. The van der Waals surface area contributed by atoms with E-state index in [0.717, 1.165) is 37.0 Å². The molecule has 2 aromatic carbocycles. The zero-order valence-electron chi connectivity index (χ0n) is 19.2. The van der Waals surface area contributed by atoms with Gasteiger partial charge in [0.15, 0.2) is 0 Å². The van der Waals surface area contributed by atoms with Gasteiger partial charge in [0.25, 0.3) is 0 Å². The number of para-hydroxylation sites is 1. The van der Waals surface area contributed by atoms with Crippen molar-refractivity contribution in [3.8, 4) is 0 Å². The maximum Gasteiger partial charge on any atom is 0.246 e. The molecule has 1 aromatic heterocycles. The van der Waals surface area contributed by atoms with Crippen LogP contribution in [0.3, 0.4) is 0 Å². The van der Waals surface area contributed by atoms with Gasteiger partial charge >= 0.3 is 0 Å². The molecule has 174 valence electrons. The van der Waals surface area contributed by atoms with E-state index in [1.807, 2.05) is 30.9 Å². The zero-order valence-corrected chi connectivity index (χ0v) is 20.0. The lowest BCUT2D eigenvalue weighted by molar-refractivity contribution is -0.126. The van der Waals surface area contributed by atoms with Gasteiger partial charge in [-0.25, -0.2) is 8.42 Å². The molecule has 1 aliphatic heterocycles. The first kappa shape index (κ1) is 23.3. The molecule has 2 heterocycles. The van der Waals surface area contributed by atoms with Gasteiger partial charge in [-0.15, -0.1) is 0 Å². The van der Waals surface area contributed by atoms with Gasteiger partial charge in [-0.05, 0) is 54.1 Å². The first-order chi connectivity index (χ1) is 15.9. The highest BCUT2D eigenvalue weighted by molar-refractivity contribution is 7.89. The van der Waals surface area contributed by atoms with E-state index in [-0.39, 0.29) is 10.8 Å². The number of aromatic nitrogens is 1. The number of amides is 1. The number of rotatable bonds is 7. The van der Waals surface area contributed by atoms with Crippen molar-refractivity contribution in [2.45, 2.75) is 37.5 Å². The second kappa shape index (κ2) is 9.93. The van der Waals surface area contributed by atoms with Gasteiger partial charge in [0.1, 0.15) is 0 Å². The first-order valence-electron chi connectivity index (χ1n) is 11.6. The number of benzene rings is 2. The number of likely N-dealkylation sites (tertiary alicyclic amines) is 1. The van der Waals surface area contributed by atoms with Gasteiger partial charge in [0.05, 0.1) is 4.90 Å². The summed E-state index contributed by atoms with van der Waals surface area (Å²) >= 11 is 0. The van der Waals surface area contributed by atoms with Crippen LogP contribution in [-0.4, -0.2) is 54.7 Å². The Labute approximate surface area is 196 Å². The molecule has 6 nitrogen and oxygen atoms in total. The molecule has 0 saturated carbocycles. The molecule has 0 bridgehead atoms. The molecule has 1 aliphatic rings. The van der Waals surface area contributed by atoms with Crippen molar-refractivity contribution < 1.29 is 13.2 Å². The number of nitrogens with one attached hydrogen (secondary N) is 1. The Morgan fingerprint density at radius 1 is 1.06 bits per heavy atom. The summed E-state index contributed by atoms with van der Waals surface area (Å²) in [6, 6.07) is 17.2. The van der Waals surface area contributed by atoms with Crippen LogP contribution in [0.15, 0.2) is 65.6 Å². The summed E-state index contributed by atoms with van der Waals surface area (Å²) in [5.41, 5.74) is 3.21. The largest absolute Gasteiger partial charge is 0.358 e. The molecular weight excluding hydrogens is 434 g/mol. The van der Waals surface area contributed by atoms with Gasteiger partial charge in [0, 0.05) is 49.4 Å². The fourth-order valence-corrected chi connectivity index (χ4v) is 5.92. The summed E-state index contributed by atoms with van der Waals surface area (Å²) in [6.45, 7) is 5.98. The quantitative estimate of drug-likeness (QED) is 0.518. The summed E-state index contributed by atoms with van der Waals surface area (Å²) in [4.78, 5) is 18.4. The second-order valence-corrected chi connectivity index (χ2v) is 10.3. The maximum absolute atomic E-state index is 12.7. The Kier molecular flexibility index (Phi) is 7.00. The average Bonchev–Trinajstić information content (AvgIpc) is 3.28. The van der Waals surface area contributed by atoms with Crippen LogP contribution in [-0.2, 0) is 14.8 Å². The van der Waals surface area contributed by atoms with Crippen molar-refractivity contribution >= 4 is 32.9 Å². The molecule has 1 N–H and O–H groups in total. The minimum absolute atomic E-state index is 0.00932. The summed E-state index contributed by atoms with van der Waals surface area (Å²) in [6.07, 6.45) is 5.20. The van der Waals surface area contributed by atoms with Crippen molar-refractivity contribution in [3.63, 3.8) is 0 Å². The van der Waals surface area contributed by atoms with Crippen molar-refractivity contribution in [1.29, 1.82) is 0 Å². The van der Waals surface area contributed by atoms with Gasteiger partial charge in [-0.2, -0.15) is 4.31 Å². The van der Waals surface area contributed by atoms with Gasteiger partial charge in [0.2, 0.25) is 15.9 Å². The van der Waals surface area contributed by atoms with Gasteiger partial charge in [-0.1, -0.05) is 44.2 Å². The highest BCUT2D eigenvalue weighted by Crippen LogP contribution is 2.30. The average molecular weight is 466 g/mol. The number of sulfonamides is 1. The van der Waals surface area contributed by atoms with E-state index in [1.54, 1.807) is 36.4 Å². The SMILES string of the molecule is CCN(CC)S(=O)(=O)c1ccc(/C=C/C(=O)N2CCC(c3cc4ccccc4[nH]3)CC2)cc1. The minimum Gasteiger partial charge on any atom is -0.358 e. The smallest absolute Gasteiger partial charge is 0.246 e. The first-order valence-corrected chi connectivity index (χ1v) is 13.0. The fourth-order valence-electron chi connectivity index (χ4n) is 4.46. The Morgan fingerprint density at radius 3 is 2.36 bits per heavy atom. The highest BCUT2D eigenvalue weighted by atomic mass is 32.2. The van der Waals surface area contributed by atoms with Crippen LogP contribution in [0, 0.1) is 0 Å². The Balaban J connectivity index is 1.34. The topological polar surface area (TPSA) is 73.5 Å². The fraction of sp³-hybridized carbons (Fsp3) is 0.346. The molecule has 0 unspecified atom stereocenters. The van der Waals surface area contributed by atoms with Crippen LogP contribution in [0.2, 0.25) is 0 Å². The summed E-state index contributed by atoms with van der Waals surface area (Å²) in [5, 5.41) is 1.23. The predicted octanol–water partition coefficient (Wildman–Crippen LogP) is 4.62. The van der Waals surface area contributed by atoms with Crippen LogP contribution in [0.5, 0.6) is 0 Å². The maximum atomic E-state index is 12.7. The number of nitrogens with zero attached hydrogens (tertiary/aromatic N) is 2. The van der Waals surface area contributed by atoms with Gasteiger partial charge < -0.3 is 9.88 Å². The Hall–Kier alpha value is -2.90.